The molecule has 0 saturated carbocycles. The molecule has 5 nitrogen and oxygen atoms in total. The van der Waals surface area contributed by atoms with Crippen LogP contribution in [0.2, 0.25) is 0 Å². The van der Waals surface area contributed by atoms with Crippen LogP contribution in [0.1, 0.15) is 30.0 Å². The van der Waals surface area contributed by atoms with Gasteiger partial charge in [-0.05, 0) is 49.5 Å². The SMILES string of the molecule is COc1ccccc1CCNC(=O)NCC(c1ccccc1)N1CCCC1. The molecule has 3 rings (SSSR count). The van der Waals surface area contributed by atoms with Gasteiger partial charge in [0.1, 0.15) is 5.75 Å². The van der Waals surface area contributed by atoms with Crippen LogP contribution in [0.5, 0.6) is 5.75 Å². The smallest absolute Gasteiger partial charge is 0.314 e. The fraction of sp³-hybridized carbons (Fsp3) is 0.409. The standard InChI is InChI=1S/C22H29N3O2/c1-27-21-12-6-5-11-19(21)13-14-23-22(26)24-17-20(25-15-7-8-16-25)18-9-3-2-4-10-18/h2-6,9-12,20H,7-8,13-17H2,1H3,(H2,23,24,26). The molecule has 2 aromatic carbocycles. The van der Waals surface area contributed by atoms with E-state index in [1.807, 2.05) is 30.3 Å². The van der Waals surface area contributed by atoms with E-state index in [1.165, 1.54) is 18.4 Å². The van der Waals surface area contributed by atoms with Crippen molar-refractivity contribution in [3.8, 4) is 5.75 Å². The lowest BCUT2D eigenvalue weighted by atomic mass is 10.1. The molecule has 0 aromatic heterocycles. The van der Waals surface area contributed by atoms with Crippen molar-refractivity contribution in [1.82, 2.24) is 15.5 Å². The largest absolute Gasteiger partial charge is 0.496 e. The Morgan fingerprint density at radius 2 is 1.74 bits per heavy atom. The number of nitrogens with one attached hydrogen (secondary N) is 2. The Labute approximate surface area is 161 Å². The summed E-state index contributed by atoms with van der Waals surface area (Å²) >= 11 is 0. The zero-order valence-corrected chi connectivity index (χ0v) is 16.0. The molecule has 1 saturated heterocycles. The summed E-state index contributed by atoms with van der Waals surface area (Å²) < 4.78 is 5.35. The predicted molar refractivity (Wildman–Crippen MR) is 108 cm³/mol. The molecule has 27 heavy (non-hydrogen) atoms. The van der Waals surface area contributed by atoms with Gasteiger partial charge in [0.2, 0.25) is 0 Å². The second-order valence-electron chi connectivity index (χ2n) is 6.87. The molecule has 5 heteroatoms. The third-order valence-electron chi connectivity index (χ3n) is 5.09. The first-order chi connectivity index (χ1) is 13.3. The van der Waals surface area contributed by atoms with E-state index in [1.54, 1.807) is 7.11 Å². The van der Waals surface area contributed by atoms with Crippen LogP contribution in [0.15, 0.2) is 54.6 Å². The first-order valence-corrected chi connectivity index (χ1v) is 9.70. The van der Waals surface area contributed by atoms with Crippen molar-refractivity contribution in [2.45, 2.75) is 25.3 Å². The number of hydrogen-bond acceptors (Lipinski definition) is 3. The molecule has 0 bridgehead atoms. The van der Waals surface area contributed by atoms with Crippen LogP contribution in [0, 0.1) is 0 Å². The Hall–Kier alpha value is -2.53. The van der Waals surface area contributed by atoms with E-state index in [9.17, 15) is 4.79 Å². The second-order valence-corrected chi connectivity index (χ2v) is 6.87. The third kappa shape index (κ3) is 5.47. The summed E-state index contributed by atoms with van der Waals surface area (Å²) in [6, 6.07) is 18.4. The molecule has 1 fully saturated rings. The predicted octanol–water partition coefficient (Wildman–Crippen LogP) is 3.37. The van der Waals surface area contributed by atoms with Gasteiger partial charge in [-0.2, -0.15) is 0 Å². The lowest BCUT2D eigenvalue weighted by molar-refractivity contribution is 0.221. The van der Waals surface area contributed by atoms with Crippen LogP contribution in [0.3, 0.4) is 0 Å². The van der Waals surface area contributed by atoms with E-state index in [2.05, 4.69) is 39.8 Å². The Kier molecular flexibility index (Phi) is 7.11. The molecule has 1 atom stereocenters. The first-order valence-electron chi connectivity index (χ1n) is 9.70. The van der Waals surface area contributed by atoms with Crippen molar-refractivity contribution in [1.29, 1.82) is 0 Å². The van der Waals surface area contributed by atoms with Crippen molar-refractivity contribution in [3.63, 3.8) is 0 Å². The van der Waals surface area contributed by atoms with Gasteiger partial charge in [-0.25, -0.2) is 4.79 Å². The number of carbonyl (C=O) groups excluding carboxylic acids is 1. The number of amides is 2. The van der Waals surface area contributed by atoms with Gasteiger partial charge in [0.15, 0.2) is 0 Å². The lowest BCUT2D eigenvalue weighted by Gasteiger charge is -2.28. The summed E-state index contributed by atoms with van der Waals surface area (Å²) in [6.45, 7) is 3.38. The van der Waals surface area contributed by atoms with Crippen LogP contribution in [0.4, 0.5) is 4.79 Å². The van der Waals surface area contributed by atoms with Crippen molar-refractivity contribution < 1.29 is 9.53 Å². The number of hydrogen-bond donors (Lipinski definition) is 2. The number of ether oxygens (including phenoxy) is 1. The normalized spacial score (nSPS) is 15.3. The Balaban J connectivity index is 1.49. The van der Waals surface area contributed by atoms with Gasteiger partial charge < -0.3 is 15.4 Å². The maximum absolute atomic E-state index is 12.3. The monoisotopic (exact) mass is 367 g/mol. The third-order valence-corrected chi connectivity index (χ3v) is 5.09. The number of nitrogens with zero attached hydrogens (tertiary/aromatic N) is 1. The lowest BCUT2D eigenvalue weighted by Crippen LogP contribution is -2.42. The quantitative estimate of drug-likeness (QED) is 0.752. The van der Waals surface area contributed by atoms with Crippen molar-refractivity contribution in [3.05, 3.63) is 65.7 Å². The Morgan fingerprint density at radius 1 is 1.04 bits per heavy atom. The summed E-state index contributed by atoms with van der Waals surface area (Å²) in [5, 5.41) is 6.01. The minimum absolute atomic E-state index is 0.120. The average Bonchev–Trinajstić information content (AvgIpc) is 3.24. The summed E-state index contributed by atoms with van der Waals surface area (Å²) in [5.74, 6) is 0.859. The summed E-state index contributed by atoms with van der Waals surface area (Å²) in [6.07, 6.45) is 3.20. The van der Waals surface area contributed by atoms with Gasteiger partial charge in [-0.3, -0.25) is 4.90 Å². The molecule has 1 heterocycles. The van der Waals surface area contributed by atoms with Crippen LogP contribution in [-0.2, 0) is 6.42 Å². The van der Waals surface area contributed by atoms with Gasteiger partial charge in [0.05, 0.1) is 13.2 Å². The second kappa shape index (κ2) is 9.97. The number of methoxy groups -OCH3 is 1. The minimum Gasteiger partial charge on any atom is -0.496 e. The molecule has 2 aromatic rings. The Morgan fingerprint density at radius 3 is 2.48 bits per heavy atom. The molecular formula is C22H29N3O2. The number of urea groups is 1. The van der Waals surface area contributed by atoms with Crippen LogP contribution in [-0.4, -0.2) is 44.2 Å². The van der Waals surface area contributed by atoms with Crippen LogP contribution in [0.25, 0.3) is 0 Å². The molecule has 1 unspecified atom stereocenters. The fourth-order valence-corrected chi connectivity index (χ4v) is 3.66. The van der Waals surface area contributed by atoms with Gasteiger partial charge in [-0.1, -0.05) is 48.5 Å². The maximum Gasteiger partial charge on any atom is 0.314 e. The van der Waals surface area contributed by atoms with Crippen molar-refractivity contribution in [2.24, 2.45) is 0 Å². The van der Waals surface area contributed by atoms with Crippen molar-refractivity contribution in [2.75, 3.05) is 33.3 Å². The molecule has 0 spiro atoms. The molecule has 1 aliphatic heterocycles. The zero-order chi connectivity index (χ0) is 18.9. The highest BCUT2D eigenvalue weighted by atomic mass is 16.5. The molecule has 0 aliphatic carbocycles. The molecule has 2 N–H and O–H groups in total. The molecule has 144 valence electrons. The average molecular weight is 367 g/mol. The topological polar surface area (TPSA) is 53.6 Å². The molecule has 1 aliphatic rings. The van der Waals surface area contributed by atoms with E-state index in [0.29, 0.717) is 13.1 Å². The van der Waals surface area contributed by atoms with Gasteiger partial charge in [-0.15, -0.1) is 0 Å². The highest BCUT2D eigenvalue weighted by Gasteiger charge is 2.23. The van der Waals surface area contributed by atoms with Gasteiger partial charge in [0, 0.05) is 13.1 Å². The van der Waals surface area contributed by atoms with Crippen molar-refractivity contribution >= 4 is 6.03 Å². The fourth-order valence-electron chi connectivity index (χ4n) is 3.66. The number of likely N-dealkylation sites (tertiary alicyclic amines) is 1. The number of para-hydroxylation sites is 1. The highest BCUT2D eigenvalue weighted by Crippen LogP contribution is 2.24. The number of benzene rings is 2. The molecular weight excluding hydrogens is 338 g/mol. The van der Waals surface area contributed by atoms with E-state index in [-0.39, 0.29) is 12.1 Å². The van der Waals surface area contributed by atoms with Gasteiger partial charge >= 0.3 is 6.03 Å². The van der Waals surface area contributed by atoms with E-state index >= 15 is 0 Å². The van der Waals surface area contributed by atoms with Crippen LogP contribution >= 0.6 is 0 Å². The summed E-state index contributed by atoms with van der Waals surface area (Å²) in [5.41, 5.74) is 2.35. The highest BCUT2D eigenvalue weighted by molar-refractivity contribution is 5.73. The number of carbonyl (C=O) groups is 1. The van der Waals surface area contributed by atoms with E-state index < -0.39 is 0 Å². The Bertz CT molecular complexity index is 715. The van der Waals surface area contributed by atoms with Gasteiger partial charge in [0.25, 0.3) is 0 Å². The van der Waals surface area contributed by atoms with E-state index in [0.717, 1.165) is 30.8 Å². The summed E-state index contributed by atoms with van der Waals surface area (Å²) in [4.78, 5) is 14.7. The maximum atomic E-state index is 12.3. The molecule has 2 amide bonds. The van der Waals surface area contributed by atoms with E-state index in [4.69, 9.17) is 4.74 Å². The zero-order valence-electron chi connectivity index (χ0n) is 16.0. The summed E-state index contributed by atoms with van der Waals surface area (Å²) in [7, 11) is 1.67. The molecule has 0 radical (unpaired) electrons. The van der Waals surface area contributed by atoms with Crippen LogP contribution < -0.4 is 15.4 Å². The minimum atomic E-state index is -0.120. The first kappa shape index (κ1) is 19.2. The number of rotatable bonds is 8.